The van der Waals surface area contributed by atoms with Gasteiger partial charge in [-0.15, -0.1) is 0 Å². The molecule has 0 rings (SSSR count). The zero-order chi connectivity index (χ0) is 21.6. The van der Waals surface area contributed by atoms with Crippen LogP contribution in [0.1, 0.15) is 92.4 Å². The van der Waals surface area contributed by atoms with Crippen LogP contribution >= 0.6 is 0 Å². The molecule has 0 N–H and O–H groups in total. The van der Waals surface area contributed by atoms with Crippen LogP contribution in [0.5, 0.6) is 0 Å². The molecule has 0 aromatic heterocycles. The Hall–Kier alpha value is -0.100. The second kappa shape index (κ2) is 17.6. The van der Waals surface area contributed by atoms with E-state index in [9.17, 15) is 4.79 Å². The lowest BCUT2D eigenvalue weighted by molar-refractivity contribution is -0.862. The summed E-state index contributed by atoms with van der Waals surface area (Å²) in [5.74, 6) is 2.43. The number of nitrogens with zero attached hydrogens (tertiary/aromatic N) is 1. The van der Waals surface area contributed by atoms with Crippen LogP contribution in [0.15, 0.2) is 11.6 Å². The summed E-state index contributed by atoms with van der Waals surface area (Å²) in [5.41, 5.74) is 1.34. The van der Waals surface area contributed by atoms with Gasteiger partial charge in [-0.2, -0.15) is 0 Å². The van der Waals surface area contributed by atoms with Crippen molar-refractivity contribution in [3.05, 3.63) is 11.6 Å². The van der Waals surface area contributed by atoms with Gasteiger partial charge in [-0.1, -0.05) is 78.2 Å². The summed E-state index contributed by atoms with van der Waals surface area (Å²) >= 11 is 0. The van der Waals surface area contributed by atoms with Gasteiger partial charge in [0.1, 0.15) is 6.61 Å². The Labute approximate surface area is 199 Å². The molecular weight excluding hydrogens is 473 g/mol. The average molecular weight is 524 g/mol. The molecule has 0 saturated heterocycles. The van der Waals surface area contributed by atoms with E-state index in [0.29, 0.717) is 17.6 Å². The molecule has 0 aliphatic carbocycles. The lowest BCUT2D eigenvalue weighted by Gasteiger charge is -2.22. The highest BCUT2D eigenvalue weighted by molar-refractivity contribution is 5.70. The van der Waals surface area contributed by atoms with Crippen LogP contribution in [0, 0.1) is 17.8 Å². The largest absolute Gasteiger partial charge is 1.00 e. The number of carbonyl (C=O) groups excluding carboxylic acids is 1. The van der Waals surface area contributed by atoms with Crippen molar-refractivity contribution >= 4 is 5.97 Å². The normalized spacial score (nSPS) is 14.4. The predicted octanol–water partition coefficient (Wildman–Crippen LogP) is 3.63. The van der Waals surface area contributed by atoms with E-state index in [0.717, 1.165) is 24.2 Å². The molecule has 0 saturated carbocycles. The lowest BCUT2D eigenvalue weighted by atomic mass is 9.91. The molecular formula is C25H50INO2. The van der Waals surface area contributed by atoms with Crippen LogP contribution < -0.4 is 24.0 Å². The van der Waals surface area contributed by atoms with E-state index in [-0.39, 0.29) is 29.9 Å². The number of halogens is 1. The Balaban J connectivity index is 0. The van der Waals surface area contributed by atoms with E-state index in [4.69, 9.17) is 4.74 Å². The van der Waals surface area contributed by atoms with Gasteiger partial charge in [0.2, 0.25) is 0 Å². The fourth-order valence-corrected chi connectivity index (χ4v) is 3.52. The molecule has 0 fully saturated rings. The van der Waals surface area contributed by atoms with E-state index in [1.807, 2.05) is 21.1 Å². The third kappa shape index (κ3) is 22.4. The molecule has 0 spiro atoms. The number of hydrogen-bond donors (Lipinski definition) is 0. The highest BCUT2D eigenvalue weighted by Gasteiger charge is 2.14. The Morgan fingerprint density at radius 3 is 1.83 bits per heavy atom. The van der Waals surface area contributed by atoms with Gasteiger partial charge in [-0.05, 0) is 43.6 Å². The van der Waals surface area contributed by atoms with Crippen molar-refractivity contribution in [1.82, 2.24) is 0 Å². The first-order valence-corrected chi connectivity index (χ1v) is 11.6. The van der Waals surface area contributed by atoms with Crippen molar-refractivity contribution in [2.75, 3.05) is 34.3 Å². The first-order valence-electron chi connectivity index (χ1n) is 11.6. The number of allylic oxidation sites excluding steroid dienone is 1. The van der Waals surface area contributed by atoms with E-state index >= 15 is 0 Å². The van der Waals surface area contributed by atoms with Crippen molar-refractivity contribution in [3.63, 3.8) is 0 Å². The molecule has 0 aromatic rings. The Kier molecular flexibility index (Phi) is 18.8. The fourth-order valence-electron chi connectivity index (χ4n) is 3.52. The Morgan fingerprint density at radius 1 is 0.862 bits per heavy atom. The molecule has 4 heteroatoms. The summed E-state index contributed by atoms with van der Waals surface area (Å²) < 4.78 is 5.91. The van der Waals surface area contributed by atoms with E-state index in [1.54, 1.807) is 0 Å². The molecule has 0 aromatic carbocycles. The van der Waals surface area contributed by atoms with Crippen LogP contribution in [0.4, 0.5) is 0 Å². The predicted molar refractivity (Wildman–Crippen MR) is 122 cm³/mol. The van der Waals surface area contributed by atoms with Crippen LogP contribution in [0.25, 0.3) is 0 Å². The molecule has 0 amide bonds. The summed E-state index contributed by atoms with van der Waals surface area (Å²) in [5, 5.41) is 0. The fraction of sp³-hybridized carbons (Fsp3) is 0.880. The van der Waals surface area contributed by atoms with Gasteiger partial charge in [0, 0.05) is 0 Å². The average Bonchev–Trinajstić information content (AvgIpc) is 2.52. The second-order valence-corrected chi connectivity index (χ2v) is 10.5. The maximum atomic E-state index is 11.7. The zero-order valence-corrected chi connectivity index (χ0v) is 22.9. The zero-order valence-electron chi connectivity index (χ0n) is 20.7. The lowest BCUT2D eigenvalue weighted by Crippen LogP contribution is -3.00. The molecule has 174 valence electrons. The number of esters is 1. The SMILES string of the molecule is C/C(=C\COC(=O)C[N+](C)(C)C)CCC[C@H](C)CCC[C@H](C)CCCC(C)C.[I-]. The Morgan fingerprint density at radius 2 is 1.34 bits per heavy atom. The quantitative estimate of drug-likeness (QED) is 0.134. The summed E-state index contributed by atoms with van der Waals surface area (Å²) in [6, 6.07) is 0. The number of hydrogen-bond acceptors (Lipinski definition) is 2. The highest BCUT2D eigenvalue weighted by Crippen LogP contribution is 2.22. The number of rotatable bonds is 16. The first-order chi connectivity index (χ1) is 13.0. The third-order valence-electron chi connectivity index (χ3n) is 5.42. The minimum Gasteiger partial charge on any atom is -1.00 e. The highest BCUT2D eigenvalue weighted by atomic mass is 127. The van der Waals surface area contributed by atoms with Gasteiger partial charge in [-0.3, -0.25) is 0 Å². The molecule has 3 nitrogen and oxygen atoms in total. The molecule has 0 radical (unpaired) electrons. The molecule has 0 bridgehead atoms. The van der Waals surface area contributed by atoms with Crippen molar-refractivity contribution in [2.24, 2.45) is 17.8 Å². The maximum absolute atomic E-state index is 11.7. The molecule has 0 aliphatic heterocycles. The van der Waals surface area contributed by atoms with Gasteiger partial charge in [-0.25, -0.2) is 4.79 Å². The number of ether oxygens (including phenoxy) is 1. The summed E-state index contributed by atoms with van der Waals surface area (Å²) in [6.07, 6.45) is 14.0. The van der Waals surface area contributed by atoms with E-state index in [1.165, 1.54) is 56.9 Å². The van der Waals surface area contributed by atoms with Crippen molar-refractivity contribution < 1.29 is 38.0 Å². The van der Waals surface area contributed by atoms with Crippen molar-refractivity contribution in [1.29, 1.82) is 0 Å². The standard InChI is InChI=1S/C25H50NO2.HI/c1-21(2)12-9-13-22(3)14-10-15-23(4)16-11-17-24(5)18-19-28-25(27)20-26(6,7)8;/h18,21-23H,9-17,19-20H2,1-8H3;1H/q+1;/p-1/b24-18+;/t22-,23-;/m1./s1. The van der Waals surface area contributed by atoms with Gasteiger partial charge >= 0.3 is 5.97 Å². The minimum absolute atomic E-state index is 0. The molecule has 0 aliphatic rings. The number of quaternary nitrogens is 1. The van der Waals surface area contributed by atoms with Crippen molar-refractivity contribution in [3.8, 4) is 0 Å². The second-order valence-electron chi connectivity index (χ2n) is 10.5. The van der Waals surface area contributed by atoms with Gasteiger partial charge in [0.25, 0.3) is 0 Å². The monoisotopic (exact) mass is 523 g/mol. The summed E-state index contributed by atoms with van der Waals surface area (Å²) in [4.78, 5) is 11.7. The van der Waals surface area contributed by atoms with E-state index in [2.05, 4.69) is 40.7 Å². The molecule has 2 atom stereocenters. The molecule has 0 unspecified atom stereocenters. The van der Waals surface area contributed by atoms with Gasteiger partial charge < -0.3 is 33.2 Å². The Bertz CT molecular complexity index is 441. The molecule has 0 heterocycles. The smallest absolute Gasteiger partial charge is 0.362 e. The van der Waals surface area contributed by atoms with Gasteiger partial charge in [0.05, 0.1) is 21.1 Å². The van der Waals surface area contributed by atoms with Crippen LogP contribution in [-0.2, 0) is 9.53 Å². The summed E-state index contributed by atoms with van der Waals surface area (Å²) in [6.45, 7) is 12.4. The number of carbonyl (C=O) groups is 1. The summed E-state index contributed by atoms with van der Waals surface area (Å²) in [7, 11) is 5.99. The van der Waals surface area contributed by atoms with Crippen molar-refractivity contribution in [2.45, 2.75) is 92.4 Å². The topological polar surface area (TPSA) is 26.3 Å². The van der Waals surface area contributed by atoms with Crippen LogP contribution in [0.3, 0.4) is 0 Å². The van der Waals surface area contributed by atoms with Crippen LogP contribution in [-0.4, -0.2) is 44.7 Å². The maximum Gasteiger partial charge on any atom is 0.362 e. The van der Waals surface area contributed by atoms with Gasteiger partial charge in [0.15, 0.2) is 6.54 Å². The number of likely N-dealkylation sites (N-methyl/N-ethyl adjacent to an activating group) is 1. The van der Waals surface area contributed by atoms with E-state index < -0.39 is 0 Å². The minimum atomic E-state index is -0.122. The van der Waals surface area contributed by atoms with Crippen LogP contribution in [0.2, 0.25) is 0 Å². The third-order valence-corrected chi connectivity index (χ3v) is 5.42. The first kappa shape index (κ1) is 31.1. The molecule has 29 heavy (non-hydrogen) atoms.